The van der Waals surface area contributed by atoms with Gasteiger partial charge in [0.2, 0.25) is 0 Å². The average molecular weight is 173 g/mol. The molecule has 0 aromatic heterocycles. The molecule has 0 aromatic rings. The Bertz CT molecular complexity index is 81.0. The number of hydrogen-bond donors (Lipinski definition) is 1. The van der Waals surface area contributed by atoms with Crippen molar-refractivity contribution in [2.24, 2.45) is 0 Å². The molecule has 0 aliphatic carbocycles. The van der Waals surface area contributed by atoms with Crippen molar-refractivity contribution in [3.05, 3.63) is 0 Å². The van der Waals surface area contributed by atoms with Gasteiger partial charge in [-0.3, -0.25) is 4.79 Å². The second-order valence-corrected chi connectivity index (χ2v) is 1.53. The first kappa shape index (κ1) is 12.3. The van der Waals surface area contributed by atoms with Gasteiger partial charge in [0.1, 0.15) is 0 Å². The molecule has 0 aliphatic heterocycles. The van der Waals surface area contributed by atoms with Crippen molar-refractivity contribution in [1.29, 1.82) is 0 Å². The first-order valence-corrected chi connectivity index (χ1v) is 3.34. The van der Waals surface area contributed by atoms with Crippen molar-refractivity contribution in [1.82, 2.24) is 0 Å². The molecule has 62 valence electrons. The Kier molecular flexibility index (Phi) is 10.7. The smallest absolute Gasteiger partial charge is 0.302 e. The van der Waals surface area contributed by atoms with E-state index in [0.29, 0.717) is 6.61 Å². The van der Waals surface area contributed by atoms with Gasteiger partial charge in [-0.25, -0.2) is 0 Å². The van der Waals surface area contributed by atoms with Crippen LogP contribution in [0, 0.1) is 10.8 Å². The third-order valence-electron chi connectivity index (χ3n) is 0.348. The summed E-state index contributed by atoms with van der Waals surface area (Å²) in [5.41, 5.74) is 0. The SMILES string of the molecule is CCOC(C)=O.[O-][Cl+2]([O-])O. The van der Waals surface area contributed by atoms with E-state index >= 15 is 0 Å². The maximum absolute atomic E-state index is 9.82. The van der Waals surface area contributed by atoms with Crippen LogP contribution in [0.25, 0.3) is 0 Å². The summed E-state index contributed by atoms with van der Waals surface area (Å²) in [6.07, 6.45) is 0. The van der Waals surface area contributed by atoms with Gasteiger partial charge in [-0.15, -0.1) is 0 Å². The lowest BCUT2D eigenvalue weighted by atomic mass is 10.8. The molecule has 0 aliphatic rings. The minimum Gasteiger partial charge on any atom is -0.466 e. The quantitative estimate of drug-likeness (QED) is 0.447. The van der Waals surface area contributed by atoms with Crippen molar-refractivity contribution in [2.75, 3.05) is 6.61 Å². The third kappa shape index (κ3) is 48.3. The number of rotatable bonds is 1. The van der Waals surface area contributed by atoms with Crippen LogP contribution in [-0.2, 0) is 9.53 Å². The van der Waals surface area contributed by atoms with Gasteiger partial charge < -0.3 is 14.1 Å². The number of esters is 1. The second-order valence-electron chi connectivity index (χ2n) is 1.13. The molecule has 0 fully saturated rings. The molecule has 0 aromatic carbocycles. The van der Waals surface area contributed by atoms with E-state index < -0.39 is 10.8 Å². The molecular formula is C4H9ClO5. The summed E-state index contributed by atoms with van der Waals surface area (Å²) in [6, 6.07) is 0. The van der Waals surface area contributed by atoms with Gasteiger partial charge in [0.15, 0.2) is 0 Å². The number of carbonyl (C=O) groups is 1. The van der Waals surface area contributed by atoms with Crippen molar-refractivity contribution < 1.29 is 34.3 Å². The Labute approximate surface area is 61.6 Å². The molecule has 0 bridgehead atoms. The van der Waals surface area contributed by atoms with Crippen molar-refractivity contribution in [2.45, 2.75) is 13.8 Å². The van der Waals surface area contributed by atoms with Gasteiger partial charge in [0, 0.05) is 11.6 Å². The summed E-state index contributed by atoms with van der Waals surface area (Å²) in [7, 11) is -2.60. The molecule has 0 unspecified atom stereocenters. The van der Waals surface area contributed by atoms with E-state index in [1.54, 1.807) is 6.92 Å². The van der Waals surface area contributed by atoms with Crippen molar-refractivity contribution in [3.63, 3.8) is 0 Å². The summed E-state index contributed by atoms with van der Waals surface area (Å²) >= 11 is 0. The zero-order valence-corrected chi connectivity index (χ0v) is 6.42. The largest absolute Gasteiger partial charge is 0.466 e. The molecule has 0 radical (unpaired) electrons. The molecule has 0 spiro atoms. The third-order valence-corrected chi connectivity index (χ3v) is 0.348. The van der Waals surface area contributed by atoms with Crippen LogP contribution < -0.4 is 9.32 Å². The fourth-order valence-electron chi connectivity index (χ4n) is 0.203. The van der Waals surface area contributed by atoms with Crippen LogP contribution in [0.4, 0.5) is 0 Å². The van der Waals surface area contributed by atoms with E-state index in [9.17, 15) is 4.79 Å². The molecule has 6 heteroatoms. The average Bonchev–Trinajstić information content (AvgIpc) is 1.62. The highest BCUT2D eigenvalue weighted by Crippen LogP contribution is 1.69. The maximum atomic E-state index is 9.82. The number of carbonyl (C=O) groups excluding carboxylic acids is 1. The lowest BCUT2D eigenvalue weighted by Crippen LogP contribution is -2.30. The standard InChI is InChI=1S/C4H8O2.ClHO3/c1-3-6-4(2)5;2-1(3)4/h3H2,1-2H3;2H. The van der Waals surface area contributed by atoms with E-state index in [4.69, 9.17) is 14.0 Å². The van der Waals surface area contributed by atoms with Gasteiger partial charge in [0.05, 0.1) is 6.61 Å². The molecule has 0 saturated heterocycles. The Balaban J connectivity index is 0. The summed E-state index contributed by atoms with van der Waals surface area (Å²) in [4.78, 5) is 9.82. The Morgan fingerprint density at radius 1 is 1.70 bits per heavy atom. The highest BCUT2D eigenvalue weighted by Gasteiger charge is 1.81. The molecule has 0 rings (SSSR count). The molecule has 0 atom stereocenters. The lowest BCUT2D eigenvalue weighted by molar-refractivity contribution is -1.63. The molecule has 0 heterocycles. The maximum Gasteiger partial charge on any atom is 0.302 e. The van der Waals surface area contributed by atoms with Crippen LogP contribution in [0.3, 0.4) is 0 Å². The summed E-state index contributed by atoms with van der Waals surface area (Å²) in [5.74, 6) is -0.211. The minimum absolute atomic E-state index is 0.211. The monoisotopic (exact) mass is 172 g/mol. The van der Waals surface area contributed by atoms with Crippen LogP contribution in [0.15, 0.2) is 0 Å². The molecule has 10 heavy (non-hydrogen) atoms. The first-order valence-electron chi connectivity index (χ1n) is 2.38. The van der Waals surface area contributed by atoms with E-state index in [0.717, 1.165) is 0 Å². The van der Waals surface area contributed by atoms with E-state index in [1.165, 1.54) is 6.92 Å². The predicted octanol–water partition coefficient (Wildman–Crippen LogP) is -2.37. The van der Waals surface area contributed by atoms with Gasteiger partial charge in [-0.05, 0) is 6.92 Å². The number of ether oxygens (including phenoxy) is 1. The fourth-order valence-corrected chi connectivity index (χ4v) is 0.203. The summed E-state index contributed by atoms with van der Waals surface area (Å²) in [6.45, 7) is 3.65. The highest BCUT2D eigenvalue weighted by molar-refractivity contribution is 5.65. The number of halogens is 1. The fraction of sp³-hybridized carbons (Fsp3) is 0.750. The summed E-state index contributed by atoms with van der Waals surface area (Å²) < 4.78 is 28.4. The highest BCUT2D eigenvalue weighted by atomic mass is 35.6. The Morgan fingerprint density at radius 3 is 2.00 bits per heavy atom. The Morgan fingerprint density at radius 2 is 2.00 bits per heavy atom. The van der Waals surface area contributed by atoms with Gasteiger partial charge in [-0.2, -0.15) is 0 Å². The van der Waals surface area contributed by atoms with Gasteiger partial charge in [0.25, 0.3) is 10.8 Å². The first-order chi connectivity index (χ1) is 4.50. The summed E-state index contributed by atoms with van der Waals surface area (Å²) in [5, 5.41) is 0. The van der Waals surface area contributed by atoms with Crippen LogP contribution in [0.5, 0.6) is 0 Å². The molecular weight excluding hydrogens is 163 g/mol. The zero-order valence-electron chi connectivity index (χ0n) is 5.67. The Hall–Kier alpha value is -0.360. The van der Waals surface area contributed by atoms with Gasteiger partial charge in [-0.1, -0.05) is 0 Å². The molecule has 5 nitrogen and oxygen atoms in total. The van der Waals surface area contributed by atoms with Crippen LogP contribution >= 0.6 is 0 Å². The van der Waals surface area contributed by atoms with Crippen LogP contribution in [-0.4, -0.2) is 17.2 Å². The van der Waals surface area contributed by atoms with Gasteiger partial charge >= 0.3 is 5.97 Å². The zero-order chi connectivity index (χ0) is 8.57. The topological polar surface area (TPSA) is 92.7 Å². The van der Waals surface area contributed by atoms with Crippen LogP contribution in [0.1, 0.15) is 13.8 Å². The molecule has 1 N–H and O–H groups in total. The van der Waals surface area contributed by atoms with Crippen molar-refractivity contribution in [3.8, 4) is 0 Å². The lowest BCUT2D eigenvalue weighted by Gasteiger charge is -1.89. The van der Waals surface area contributed by atoms with Crippen LogP contribution in [0.2, 0.25) is 0 Å². The van der Waals surface area contributed by atoms with E-state index in [2.05, 4.69) is 4.74 Å². The minimum atomic E-state index is -2.60. The molecule has 0 amide bonds. The normalized spacial score (nSPS) is 8.20. The van der Waals surface area contributed by atoms with E-state index in [-0.39, 0.29) is 5.97 Å². The molecule has 0 saturated carbocycles. The van der Waals surface area contributed by atoms with E-state index in [1.807, 2.05) is 0 Å². The second kappa shape index (κ2) is 8.64. The predicted molar refractivity (Wildman–Crippen MR) is 24.5 cm³/mol. The van der Waals surface area contributed by atoms with Crippen molar-refractivity contribution >= 4 is 5.97 Å². The number of hydrogen-bond acceptors (Lipinski definition) is 5.